The number of nitrogens with zero attached hydrogens (tertiary/aromatic N) is 1. The molecule has 0 aromatic rings. The molecule has 16 heavy (non-hydrogen) atoms. The highest BCUT2D eigenvalue weighted by Crippen LogP contribution is 2.06. The van der Waals surface area contributed by atoms with Gasteiger partial charge in [-0.15, -0.1) is 0 Å². The van der Waals surface area contributed by atoms with Crippen LogP contribution < -0.4 is 5.32 Å². The smallest absolute Gasteiger partial charge is 0.407 e. The average Bonchev–Trinajstić information content (AvgIpc) is 2.11. The van der Waals surface area contributed by atoms with E-state index in [0.29, 0.717) is 12.6 Å². The average molecular weight is 230 g/mol. The fourth-order valence-electron chi connectivity index (χ4n) is 1.27. The molecule has 4 nitrogen and oxygen atoms in total. The molecule has 0 aromatic heterocycles. The van der Waals surface area contributed by atoms with Gasteiger partial charge in [0.05, 0.1) is 0 Å². The second kappa shape index (κ2) is 6.74. The van der Waals surface area contributed by atoms with E-state index in [2.05, 4.69) is 31.1 Å². The molecule has 1 N–H and O–H groups in total. The van der Waals surface area contributed by atoms with E-state index in [9.17, 15) is 4.79 Å². The lowest BCUT2D eigenvalue weighted by Crippen LogP contribution is -2.42. The van der Waals surface area contributed by atoms with Gasteiger partial charge in [0.1, 0.15) is 5.60 Å². The highest BCUT2D eigenvalue weighted by molar-refractivity contribution is 5.67. The number of likely N-dealkylation sites (N-methyl/N-ethyl adjacent to an activating group) is 1. The van der Waals surface area contributed by atoms with Gasteiger partial charge in [-0.25, -0.2) is 4.79 Å². The summed E-state index contributed by atoms with van der Waals surface area (Å²) < 4.78 is 5.16. The second-order valence-electron chi connectivity index (χ2n) is 5.21. The maximum absolute atomic E-state index is 11.4. The first-order chi connectivity index (χ1) is 7.26. The molecule has 0 aliphatic carbocycles. The van der Waals surface area contributed by atoms with Crippen molar-refractivity contribution < 1.29 is 9.53 Å². The predicted molar refractivity (Wildman–Crippen MR) is 66.6 cm³/mol. The van der Waals surface area contributed by atoms with Gasteiger partial charge in [-0.3, -0.25) is 0 Å². The molecule has 96 valence electrons. The summed E-state index contributed by atoms with van der Waals surface area (Å²) in [5.74, 6) is 0. The molecular formula is C12H26N2O2. The van der Waals surface area contributed by atoms with Crippen LogP contribution in [0.5, 0.6) is 0 Å². The molecule has 0 bridgehead atoms. The van der Waals surface area contributed by atoms with E-state index in [4.69, 9.17) is 4.74 Å². The van der Waals surface area contributed by atoms with E-state index in [1.165, 1.54) is 0 Å². The summed E-state index contributed by atoms with van der Waals surface area (Å²) in [5, 5.41) is 2.78. The molecular weight excluding hydrogens is 204 g/mol. The minimum atomic E-state index is -0.428. The second-order valence-corrected chi connectivity index (χ2v) is 5.21. The van der Waals surface area contributed by atoms with Crippen molar-refractivity contribution in [1.29, 1.82) is 0 Å². The van der Waals surface area contributed by atoms with E-state index < -0.39 is 5.60 Å². The Bertz CT molecular complexity index is 212. The molecule has 0 rings (SSSR count). The van der Waals surface area contributed by atoms with E-state index in [1.807, 2.05) is 20.8 Å². The van der Waals surface area contributed by atoms with Crippen molar-refractivity contribution in [1.82, 2.24) is 10.2 Å². The molecule has 0 radical (unpaired) electrons. The van der Waals surface area contributed by atoms with Crippen LogP contribution >= 0.6 is 0 Å². The molecule has 0 fully saturated rings. The zero-order chi connectivity index (χ0) is 12.8. The fraction of sp³-hybridized carbons (Fsp3) is 0.917. The standard InChI is InChI=1S/C12H26N2O2/c1-7-8-14(6)10(2)9-13-11(15)16-12(3,4)5/h10H,7-9H2,1-6H3,(H,13,15)/t10-/m1/s1. The molecule has 0 unspecified atom stereocenters. The van der Waals surface area contributed by atoms with Crippen LogP contribution in [0.25, 0.3) is 0 Å². The molecule has 0 heterocycles. The first kappa shape index (κ1) is 15.2. The SMILES string of the molecule is CCCN(C)[C@H](C)CNC(=O)OC(C)(C)C. The van der Waals surface area contributed by atoms with Crippen molar-refractivity contribution in [2.24, 2.45) is 0 Å². The lowest BCUT2D eigenvalue weighted by molar-refractivity contribution is 0.0513. The van der Waals surface area contributed by atoms with Crippen LogP contribution in [0.4, 0.5) is 4.79 Å². The van der Waals surface area contributed by atoms with Crippen LogP contribution in [0.15, 0.2) is 0 Å². The number of rotatable bonds is 5. The Morgan fingerprint density at radius 2 is 2.00 bits per heavy atom. The predicted octanol–water partition coefficient (Wildman–Crippen LogP) is 2.24. The minimum Gasteiger partial charge on any atom is -0.444 e. The molecule has 0 aliphatic heterocycles. The monoisotopic (exact) mass is 230 g/mol. The van der Waals surface area contributed by atoms with Crippen molar-refractivity contribution in [3.05, 3.63) is 0 Å². The van der Waals surface area contributed by atoms with Gasteiger partial charge < -0.3 is 15.0 Å². The van der Waals surface area contributed by atoms with Crippen molar-refractivity contribution in [3.63, 3.8) is 0 Å². The quantitative estimate of drug-likeness (QED) is 0.787. The van der Waals surface area contributed by atoms with Crippen molar-refractivity contribution in [2.45, 2.75) is 52.7 Å². The van der Waals surface area contributed by atoms with Crippen LogP contribution in [0.1, 0.15) is 41.0 Å². The lowest BCUT2D eigenvalue weighted by atomic mass is 10.2. The minimum absolute atomic E-state index is 0.326. The molecule has 1 amide bonds. The van der Waals surface area contributed by atoms with Gasteiger partial charge in [0.15, 0.2) is 0 Å². The Hall–Kier alpha value is -0.770. The van der Waals surface area contributed by atoms with Crippen LogP contribution in [-0.4, -0.2) is 42.8 Å². The van der Waals surface area contributed by atoms with E-state index in [-0.39, 0.29) is 6.09 Å². The molecule has 0 spiro atoms. The molecule has 4 heteroatoms. The van der Waals surface area contributed by atoms with E-state index in [1.54, 1.807) is 0 Å². The third-order valence-electron chi connectivity index (χ3n) is 2.27. The fourth-order valence-corrected chi connectivity index (χ4v) is 1.27. The largest absolute Gasteiger partial charge is 0.444 e. The van der Waals surface area contributed by atoms with Gasteiger partial charge in [0, 0.05) is 12.6 Å². The molecule has 1 atom stereocenters. The van der Waals surface area contributed by atoms with Gasteiger partial charge in [-0.05, 0) is 47.7 Å². The van der Waals surface area contributed by atoms with Crippen LogP contribution in [0, 0.1) is 0 Å². The summed E-state index contributed by atoms with van der Waals surface area (Å²) in [5.41, 5.74) is -0.428. The number of carbonyl (C=O) groups is 1. The molecule has 0 saturated heterocycles. The summed E-state index contributed by atoms with van der Waals surface area (Å²) in [6.07, 6.45) is 0.775. The Balaban J connectivity index is 3.83. The third-order valence-corrected chi connectivity index (χ3v) is 2.27. The zero-order valence-electron chi connectivity index (χ0n) is 11.5. The van der Waals surface area contributed by atoms with Gasteiger partial charge in [-0.1, -0.05) is 6.92 Å². The molecule has 0 saturated carbocycles. The number of hydrogen-bond donors (Lipinski definition) is 1. The number of alkyl carbamates (subject to hydrolysis) is 1. The number of hydrogen-bond acceptors (Lipinski definition) is 3. The third kappa shape index (κ3) is 7.51. The van der Waals surface area contributed by atoms with Crippen LogP contribution in [-0.2, 0) is 4.74 Å². The Kier molecular flexibility index (Phi) is 6.41. The van der Waals surface area contributed by atoms with Gasteiger partial charge in [0.2, 0.25) is 0 Å². The maximum atomic E-state index is 11.4. The van der Waals surface area contributed by atoms with Crippen LogP contribution in [0.3, 0.4) is 0 Å². The normalized spacial score (nSPS) is 13.7. The lowest BCUT2D eigenvalue weighted by Gasteiger charge is -2.25. The van der Waals surface area contributed by atoms with Crippen molar-refractivity contribution in [3.8, 4) is 0 Å². The number of carbonyl (C=O) groups excluding carboxylic acids is 1. The maximum Gasteiger partial charge on any atom is 0.407 e. The Morgan fingerprint density at radius 1 is 1.44 bits per heavy atom. The van der Waals surface area contributed by atoms with Gasteiger partial charge >= 0.3 is 6.09 Å². The van der Waals surface area contributed by atoms with E-state index >= 15 is 0 Å². The summed E-state index contributed by atoms with van der Waals surface area (Å²) in [6, 6.07) is 0.326. The van der Waals surface area contributed by atoms with E-state index in [0.717, 1.165) is 13.0 Å². The van der Waals surface area contributed by atoms with Gasteiger partial charge in [0.25, 0.3) is 0 Å². The van der Waals surface area contributed by atoms with Crippen molar-refractivity contribution >= 4 is 6.09 Å². The summed E-state index contributed by atoms with van der Waals surface area (Å²) in [4.78, 5) is 13.6. The highest BCUT2D eigenvalue weighted by Gasteiger charge is 2.17. The Morgan fingerprint density at radius 3 is 2.44 bits per heavy atom. The number of ether oxygens (including phenoxy) is 1. The molecule has 0 aromatic carbocycles. The Labute approximate surface area is 99.3 Å². The molecule has 0 aliphatic rings. The van der Waals surface area contributed by atoms with Crippen LogP contribution in [0.2, 0.25) is 0 Å². The topological polar surface area (TPSA) is 41.6 Å². The first-order valence-electron chi connectivity index (χ1n) is 5.93. The summed E-state index contributed by atoms with van der Waals surface area (Å²) in [6.45, 7) is 11.5. The number of amides is 1. The number of nitrogens with one attached hydrogen (secondary N) is 1. The summed E-state index contributed by atoms with van der Waals surface area (Å²) >= 11 is 0. The highest BCUT2D eigenvalue weighted by atomic mass is 16.6. The van der Waals surface area contributed by atoms with Crippen molar-refractivity contribution in [2.75, 3.05) is 20.1 Å². The first-order valence-corrected chi connectivity index (χ1v) is 5.93. The zero-order valence-corrected chi connectivity index (χ0v) is 11.5. The summed E-state index contributed by atoms with van der Waals surface area (Å²) in [7, 11) is 2.06. The van der Waals surface area contributed by atoms with Gasteiger partial charge in [-0.2, -0.15) is 0 Å².